The molecule has 2 heterocycles. The van der Waals surface area contributed by atoms with Gasteiger partial charge < -0.3 is 14.8 Å². The van der Waals surface area contributed by atoms with Crippen molar-refractivity contribution < 1.29 is 14.6 Å². The van der Waals surface area contributed by atoms with Gasteiger partial charge in [-0.15, -0.1) is 0 Å². The summed E-state index contributed by atoms with van der Waals surface area (Å²) < 4.78 is 7.84. The number of nitrogens with one attached hydrogen (secondary N) is 1. The second-order valence-electron chi connectivity index (χ2n) is 10.3. The van der Waals surface area contributed by atoms with E-state index in [0.29, 0.717) is 23.7 Å². The molecule has 0 atom stereocenters. The zero-order valence-corrected chi connectivity index (χ0v) is 19.0. The summed E-state index contributed by atoms with van der Waals surface area (Å²) >= 11 is 0. The monoisotopic (exact) mass is 442 g/mol. The summed E-state index contributed by atoms with van der Waals surface area (Å²) in [5.41, 5.74) is 0.964. The molecular formula is C24H34N4O4. The van der Waals surface area contributed by atoms with Crippen molar-refractivity contribution in [1.29, 1.82) is 0 Å². The number of carboxylic acid groups (broad SMARTS) is 1. The van der Waals surface area contributed by atoms with Crippen molar-refractivity contribution in [2.75, 3.05) is 0 Å². The molecule has 2 bridgehead atoms. The quantitative estimate of drug-likeness (QED) is 0.630. The first-order chi connectivity index (χ1) is 15.4. The van der Waals surface area contributed by atoms with Gasteiger partial charge in [0.1, 0.15) is 11.9 Å². The molecule has 8 nitrogen and oxygen atoms in total. The van der Waals surface area contributed by atoms with Crippen LogP contribution < -0.4 is 10.3 Å². The number of hydrogen-bond donors (Lipinski definition) is 2. The summed E-state index contributed by atoms with van der Waals surface area (Å²) in [6.45, 7) is 2.63. The van der Waals surface area contributed by atoms with Gasteiger partial charge in [0.25, 0.3) is 5.56 Å². The van der Waals surface area contributed by atoms with Gasteiger partial charge in [-0.05, 0) is 82.5 Å². The number of fused-ring (bicyclic) bond motifs is 4. The zero-order valence-electron chi connectivity index (χ0n) is 19.0. The summed E-state index contributed by atoms with van der Waals surface area (Å²) in [6, 6.07) is 0.409. The second kappa shape index (κ2) is 8.19. The summed E-state index contributed by atoms with van der Waals surface area (Å²) in [5.74, 6) is 0.175. The van der Waals surface area contributed by atoms with E-state index in [2.05, 4.69) is 4.98 Å². The number of aromatic nitrogens is 4. The number of carbonyl (C=O) groups is 1. The van der Waals surface area contributed by atoms with Gasteiger partial charge in [0.05, 0.1) is 0 Å². The van der Waals surface area contributed by atoms with E-state index in [-0.39, 0.29) is 28.9 Å². The third-order valence-electron chi connectivity index (χ3n) is 8.37. The molecule has 2 aromatic rings. The highest BCUT2D eigenvalue weighted by Crippen LogP contribution is 2.59. The van der Waals surface area contributed by atoms with Crippen LogP contribution in [-0.2, 0) is 16.8 Å². The minimum absolute atomic E-state index is 0.0554. The zero-order chi connectivity index (χ0) is 22.3. The molecule has 0 radical (unpaired) electrons. The number of rotatable bonds is 8. The van der Waals surface area contributed by atoms with Gasteiger partial charge in [0.2, 0.25) is 0 Å². The predicted molar refractivity (Wildman–Crippen MR) is 120 cm³/mol. The van der Waals surface area contributed by atoms with Crippen molar-refractivity contribution in [1.82, 2.24) is 19.5 Å². The number of imidazole rings is 1. The average molecular weight is 443 g/mol. The smallest absolute Gasteiger partial charge is 0.303 e. The van der Waals surface area contributed by atoms with E-state index in [1.165, 1.54) is 0 Å². The van der Waals surface area contributed by atoms with Crippen molar-refractivity contribution >= 4 is 17.1 Å². The van der Waals surface area contributed by atoms with Gasteiger partial charge in [-0.3, -0.25) is 14.2 Å². The molecule has 0 unspecified atom stereocenters. The van der Waals surface area contributed by atoms with Crippen LogP contribution in [0.1, 0.15) is 96.2 Å². The number of hydrogen-bond acceptors (Lipinski definition) is 5. The molecule has 2 aromatic heterocycles. The minimum atomic E-state index is -0.705. The maximum Gasteiger partial charge on any atom is 0.303 e. The summed E-state index contributed by atoms with van der Waals surface area (Å²) in [4.78, 5) is 37.3. The molecule has 0 aliphatic heterocycles. The number of aromatic amines is 1. The van der Waals surface area contributed by atoms with Crippen LogP contribution in [0, 0.1) is 5.41 Å². The average Bonchev–Trinajstić information content (AvgIpc) is 3.47. The lowest BCUT2D eigenvalue weighted by atomic mass is 9.52. The van der Waals surface area contributed by atoms with Gasteiger partial charge in [-0.25, -0.2) is 4.98 Å². The molecule has 4 fully saturated rings. The molecule has 0 saturated heterocycles. The van der Waals surface area contributed by atoms with Crippen LogP contribution in [0.15, 0.2) is 4.79 Å². The Morgan fingerprint density at radius 3 is 2.47 bits per heavy atom. The van der Waals surface area contributed by atoms with Crippen LogP contribution in [0.25, 0.3) is 11.2 Å². The summed E-state index contributed by atoms with van der Waals surface area (Å²) in [5, 5.41) is 9.11. The Labute approximate surface area is 187 Å². The van der Waals surface area contributed by atoms with Gasteiger partial charge >= 0.3 is 12.0 Å². The van der Waals surface area contributed by atoms with Crippen molar-refractivity contribution in [3.8, 4) is 6.01 Å². The first-order valence-electron chi connectivity index (χ1n) is 12.3. The Morgan fingerprint density at radius 1 is 1.16 bits per heavy atom. The van der Waals surface area contributed by atoms with Crippen LogP contribution in [0.3, 0.4) is 0 Å². The summed E-state index contributed by atoms with van der Waals surface area (Å²) in [6.07, 6.45) is 12.4. The Bertz CT molecular complexity index is 1040. The standard InChI is InChI=1S/C24H34N4O4/c1-2-15-28-20(31)18-19(27-22(28)32-16-5-3-4-6-16)26-21(25-18)24-12-9-23(10-13-24,11-14-24)8-7-17(29)30/h16H,2-15H2,1H3,(H,25,26)(H,29,30). The largest absolute Gasteiger partial charge is 0.481 e. The van der Waals surface area contributed by atoms with Crippen LogP contribution >= 0.6 is 0 Å². The van der Waals surface area contributed by atoms with Crippen LogP contribution in [0.5, 0.6) is 6.01 Å². The van der Waals surface area contributed by atoms with Crippen LogP contribution in [-0.4, -0.2) is 36.7 Å². The van der Waals surface area contributed by atoms with E-state index in [0.717, 1.165) is 82.9 Å². The highest BCUT2D eigenvalue weighted by molar-refractivity contribution is 5.70. The normalized spacial score (nSPS) is 27.9. The highest BCUT2D eigenvalue weighted by Gasteiger charge is 2.50. The maximum atomic E-state index is 13.3. The molecule has 0 amide bonds. The molecule has 6 rings (SSSR count). The van der Waals surface area contributed by atoms with Gasteiger partial charge in [-0.2, -0.15) is 4.98 Å². The fraction of sp³-hybridized carbons (Fsp3) is 0.750. The lowest BCUT2D eigenvalue weighted by Gasteiger charge is -2.52. The van der Waals surface area contributed by atoms with Crippen LogP contribution in [0.2, 0.25) is 0 Å². The van der Waals surface area contributed by atoms with E-state index in [9.17, 15) is 9.59 Å². The fourth-order valence-electron chi connectivity index (χ4n) is 6.25. The predicted octanol–water partition coefficient (Wildman–Crippen LogP) is 4.31. The molecule has 4 saturated carbocycles. The first kappa shape index (κ1) is 21.5. The van der Waals surface area contributed by atoms with Crippen molar-refractivity contribution in [3.63, 3.8) is 0 Å². The molecule has 0 spiro atoms. The molecule has 8 heteroatoms. The van der Waals surface area contributed by atoms with Crippen molar-refractivity contribution in [3.05, 3.63) is 16.2 Å². The van der Waals surface area contributed by atoms with E-state index in [4.69, 9.17) is 19.8 Å². The van der Waals surface area contributed by atoms with Crippen molar-refractivity contribution in [2.45, 2.75) is 108 Å². The first-order valence-corrected chi connectivity index (χ1v) is 12.3. The highest BCUT2D eigenvalue weighted by atomic mass is 16.5. The van der Waals surface area contributed by atoms with Gasteiger partial charge in [0, 0.05) is 18.4 Å². The Hall–Kier alpha value is -2.38. The van der Waals surface area contributed by atoms with E-state index in [1.807, 2.05) is 6.92 Å². The van der Waals surface area contributed by atoms with E-state index >= 15 is 0 Å². The molecular weight excluding hydrogens is 408 g/mol. The van der Waals surface area contributed by atoms with Gasteiger partial charge in [0.15, 0.2) is 11.2 Å². The molecule has 4 aliphatic rings. The molecule has 2 N–H and O–H groups in total. The number of aliphatic carboxylic acids is 1. The third kappa shape index (κ3) is 3.71. The molecule has 32 heavy (non-hydrogen) atoms. The van der Waals surface area contributed by atoms with Crippen LogP contribution in [0.4, 0.5) is 0 Å². The molecule has 4 aliphatic carbocycles. The number of H-pyrrole nitrogens is 1. The Morgan fingerprint density at radius 2 is 1.84 bits per heavy atom. The van der Waals surface area contributed by atoms with E-state index in [1.54, 1.807) is 4.57 Å². The number of ether oxygens (including phenoxy) is 1. The lowest BCUT2D eigenvalue weighted by molar-refractivity contribution is -0.138. The second-order valence-corrected chi connectivity index (χ2v) is 10.3. The van der Waals surface area contributed by atoms with E-state index < -0.39 is 5.97 Å². The minimum Gasteiger partial charge on any atom is -0.481 e. The van der Waals surface area contributed by atoms with Crippen molar-refractivity contribution in [2.24, 2.45) is 5.41 Å². The fourth-order valence-corrected chi connectivity index (χ4v) is 6.25. The topological polar surface area (TPSA) is 110 Å². The molecule has 174 valence electrons. The Balaban J connectivity index is 1.44. The number of nitrogens with zero attached hydrogens (tertiary/aromatic N) is 3. The lowest BCUT2D eigenvalue weighted by Crippen LogP contribution is -2.45. The number of carboxylic acids is 1. The maximum absolute atomic E-state index is 13.3. The third-order valence-corrected chi connectivity index (χ3v) is 8.37. The summed E-state index contributed by atoms with van der Waals surface area (Å²) in [7, 11) is 0. The Kier molecular flexibility index (Phi) is 5.50. The molecule has 0 aromatic carbocycles. The SMILES string of the molecule is CCCn1c(OC2CCCC2)nc2nc(C34CCC(CCC(=O)O)(CC3)CC4)[nH]c2c1=O. The van der Waals surface area contributed by atoms with Gasteiger partial charge in [-0.1, -0.05) is 6.92 Å².